The maximum Gasteiger partial charge on any atom is 0.333 e. The highest BCUT2D eigenvalue weighted by atomic mass is 16.5. The Bertz CT molecular complexity index is 963. The van der Waals surface area contributed by atoms with Gasteiger partial charge in [0, 0.05) is 44.0 Å². The Kier molecular flexibility index (Phi) is 3.26. The van der Waals surface area contributed by atoms with Gasteiger partial charge in [-0.15, -0.1) is 0 Å². The van der Waals surface area contributed by atoms with Crippen molar-refractivity contribution < 1.29 is 4.74 Å². The van der Waals surface area contributed by atoms with Crippen LogP contribution in [0.15, 0.2) is 29.3 Å². The quantitative estimate of drug-likeness (QED) is 0.673. The molecule has 3 aromatic rings. The molecule has 4 heterocycles. The van der Waals surface area contributed by atoms with E-state index in [1.807, 2.05) is 18.9 Å². The van der Waals surface area contributed by atoms with Crippen LogP contribution in [0.4, 0.5) is 5.95 Å². The van der Waals surface area contributed by atoms with Crippen molar-refractivity contribution in [1.29, 1.82) is 0 Å². The van der Waals surface area contributed by atoms with Crippen molar-refractivity contribution in [2.75, 3.05) is 11.9 Å². The van der Waals surface area contributed by atoms with Gasteiger partial charge in [0.25, 0.3) is 0 Å². The lowest BCUT2D eigenvalue weighted by atomic mass is 10.1. The Morgan fingerprint density at radius 1 is 1.25 bits per heavy atom. The largest absolute Gasteiger partial charge is 0.488 e. The van der Waals surface area contributed by atoms with Gasteiger partial charge in [-0.2, -0.15) is 4.98 Å². The monoisotopic (exact) mass is 326 g/mol. The van der Waals surface area contributed by atoms with Gasteiger partial charge >= 0.3 is 5.69 Å². The van der Waals surface area contributed by atoms with E-state index in [0.717, 1.165) is 6.42 Å². The molecule has 0 radical (unpaired) electrons. The predicted octanol–water partition coefficient (Wildman–Crippen LogP) is 1.50. The van der Waals surface area contributed by atoms with E-state index in [2.05, 4.69) is 26.9 Å². The summed E-state index contributed by atoms with van der Waals surface area (Å²) < 4.78 is 7.60. The van der Waals surface area contributed by atoms with Gasteiger partial charge in [-0.3, -0.25) is 4.98 Å². The second-order valence-corrected chi connectivity index (χ2v) is 6.11. The molecule has 24 heavy (non-hydrogen) atoms. The van der Waals surface area contributed by atoms with Crippen LogP contribution in [0, 0.1) is 0 Å². The van der Waals surface area contributed by atoms with Gasteiger partial charge < -0.3 is 9.64 Å². The fourth-order valence-electron chi connectivity index (χ4n) is 3.05. The zero-order valence-corrected chi connectivity index (χ0v) is 13.7. The molecule has 0 aromatic carbocycles. The summed E-state index contributed by atoms with van der Waals surface area (Å²) in [6.45, 7) is 4.11. The number of hydrogen-bond donors (Lipinski definition) is 1. The van der Waals surface area contributed by atoms with Crippen molar-refractivity contribution >= 4 is 17.1 Å². The second-order valence-electron chi connectivity index (χ2n) is 6.11. The first-order valence-corrected chi connectivity index (χ1v) is 7.87. The van der Waals surface area contributed by atoms with Crippen LogP contribution in [0.1, 0.15) is 20.3 Å². The van der Waals surface area contributed by atoms with Crippen molar-refractivity contribution in [2.45, 2.75) is 32.4 Å². The molecule has 2 unspecified atom stereocenters. The molecule has 2 bridgehead atoms. The smallest absolute Gasteiger partial charge is 0.333 e. The first-order chi connectivity index (χ1) is 11.5. The van der Waals surface area contributed by atoms with Gasteiger partial charge in [0.1, 0.15) is 17.1 Å². The van der Waals surface area contributed by atoms with E-state index < -0.39 is 0 Å². The molecule has 124 valence electrons. The van der Waals surface area contributed by atoms with Crippen molar-refractivity contribution in [3.8, 4) is 11.6 Å². The topological polar surface area (TPSA) is 88.9 Å². The summed E-state index contributed by atoms with van der Waals surface area (Å²) >= 11 is 0. The summed E-state index contributed by atoms with van der Waals surface area (Å²) in [6.07, 6.45) is 4.04. The van der Waals surface area contributed by atoms with E-state index in [-0.39, 0.29) is 17.8 Å². The molecule has 0 amide bonds. The van der Waals surface area contributed by atoms with Crippen molar-refractivity contribution in [3.05, 3.63) is 35.0 Å². The van der Waals surface area contributed by atoms with Gasteiger partial charge in [-0.1, -0.05) is 0 Å². The molecule has 1 N–H and O–H groups in total. The predicted molar refractivity (Wildman–Crippen MR) is 89.9 cm³/mol. The summed E-state index contributed by atoms with van der Waals surface area (Å²) in [5, 5.41) is 0. The van der Waals surface area contributed by atoms with Crippen molar-refractivity contribution in [3.63, 3.8) is 0 Å². The lowest BCUT2D eigenvalue weighted by Gasteiger charge is -2.27. The Hall–Kier alpha value is -2.90. The minimum atomic E-state index is -0.305. The molecule has 1 aliphatic heterocycles. The van der Waals surface area contributed by atoms with E-state index in [9.17, 15) is 4.79 Å². The number of hydrogen-bond acceptors (Lipinski definition) is 6. The Balaban J connectivity index is 2.05. The van der Waals surface area contributed by atoms with Gasteiger partial charge in [0.15, 0.2) is 5.65 Å². The lowest BCUT2D eigenvalue weighted by Crippen LogP contribution is -2.34. The van der Waals surface area contributed by atoms with Crippen molar-refractivity contribution in [1.82, 2.24) is 24.5 Å². The molecule has 0 aliphatic carbocycles. The molecule has 1 aliphatic rings. The standard InChI is InChI=1S/C16H18N6O2/c1-9-8-10(2)24-11-4-6-17-14-13(11)22(16(23)20-14)12-5-7-18-15(19-12)21(9)3/h4-7,9-10H,8H2,1-3H3,(H,17,20,23). The SMILES string of the molecule is CC1CC(C)N(C)c2nccc(n2)-n2c(=O)[nH]c3nccc(c32)O1. The normalized spacial score (nSPS) is 20.5. The van der Waals surface area contributed by atoms with Gasteiger partial charge in [0.2, 0.25) is 5.95 Å². The molecule has 8 heteroatoms. The lowest BCUT2D eigenvalue weighted by molar-refractivity contribution is 0.204. The second kappa shape index (κ2) is 5.33. The minimum Gasteiger partial charge on any atom is -0.488 e. The molecule has 0 fully saturated rings. The van der Waals surface area contributed by atoms with Crippen LogP contribution in [-0.4, -0.2) is 43.7 Å². The van der Waals surface area contributed by atoms with Crippen LogP contribution >= 0.6 is 0 Å². The van der Waals surface area contributed by atoms with Gasteiger partial charge in [-0.05, 0) is 13.8 Å². The number of anilines is 1. The third-order valence-corrected chi connectivity index (χ3v) is 4.37. The van der Waals surface area contributed by atoms with E-state index in [1.54, 1.807) is 24.5 Å². The first-order valence-electron chi connectivity index (χ1n) is 7.87. The number of rotatable bonds is 0. The van der Waals surface area contributed by atoms with Crippen LogP contribution < -0.4 is 15.3 Å². The van der Waals surface area contributed by atoms with Crippen LogP contribution in [0.3, 0.4) is 0 Å². The van der Waals surface area contributed by atoms with Crippen LogP contribution in [-0.2, 0) is 0 Å². The molecule has 8 nitrogen and oxygen atoms in total. The van der Waals surface area contributed by atoms with Crippen LogP contribution in [0.2, 0.25) is 0 Å². The molecule has 0 spiro atoms. The highest BCUT2D eigenvalue weighted by molar-refractivity contribution is 5.80. The number of H-pyrrole nitrogens is 1. The summed E-state index contributed by atoms with van der Waals surface area (Å²) in [5.74, 6) is 1.67. The third kappa shape index (κ3) is 2.22. The number of aromatic amines is 1. The molecule has 2 atom stereocenters. The van der Waals surface area contributed by atoms with Gasteiger partial charge in [0.05, 0.1) is 6.10 Å². The number of ether oxygens (including phenoxy) is 1. The maximum absolute atomic E-state index is 12.5. The molecule has 0 saturated heterocycles. The highest BCUT2D eigenvalue weighted by Gasteiger charge is 2.22. The average molecular weight is 326 g/mol. The number of fused-ring (bicyclic) bond motifs is 3. The van der Waals surface area contributed by atoms with Gasteiger partial charge in [-0.25, -0.2) is 19.3 Å². The van der Waals surface area contributed by atoms with Crippen LogP contribution in [0.25, 0.3) is 17.0 Å². The van der Waals surface area contributed by atoms with Crippen LogP contribution in [0.5, 0.6) is 5.75 Å². The molecule has 0 saturated carbocycles. The van der Waals surface area contributed by atoms with E-state index >= 15 is 0 Å². The summed E-state index contributed by atoms with van der Waals surface area (Å²) in [5.41, 5.74) is 0.766. The Morgan fingerprint density at radius 2 is 2.04 bits per heavy atom. The minimum absolute atomic E-state index is 0.0389. The van der Waals surface area contributed by atoms with E-state index in [4.69, 9.17) is 4.74 Å². The Labute approximate surface area is 138 Å². The first kappa shape index (κ1) is 14.7. The van der Waals surface area contributed by atoms with Crippen molar-refractivity contribution in [2.24, 2.45) is 0 Å². The number of nitrogens with zero attached hydrogens (tertiary/aromatic N) is 5. The molecule has 3 aromatic heterocycles. The van der Waals surface area contributed by atoms with E-state index in [0.29, 0.717) is 28.7 Å². The zero-order valence-electron chi connectivity index (χ0n) is 13.7. The Morgan fingerprint density at radius 3 is 2.88 bits per heavy atom. The fourth-order valence-corrected chi connectivity index (χ4v) is 3.05. The summed E-state index contributed by atoms with van der Waals surface area (Å²) in [6, 6.07) is 3.66. The zero-order chi connectivity index (χ0) is 16.8. The number of pyridine rings is 1. The summed E-state index contributed by atoms with van der Waals surface area (Å²) in [7, 11) is 1.94. The number of nitrogens with one attached hydrogen (secondary N) is 1. The maximum atomic E-state index is 12.5. The van der Waals surface area contributed by atoms with E-state index in [1.165, 1.54) is 4.57 Å². The highest BCUT2D eigenvalue weighted by Crippen LogP contribution is 2.27. The summed E-state index contributed by atoms with van der Waals surface area (Å²) in [4.78, 5) is 30.4. The third-order valence-electron chi connectivity index (χ3n) is 4.37. The number of imidazole rings is 1. The molecular weight excluding hydrogens is 308 g/mol. The fraction of sp³-hybridized carbons (Fsp3) is 0.375. The molecule has 4 rings (SSSR count). The number of aromatic nitrogens is 5. The molecular formula is C16H18N6O2. The average Bonchev–Trinajstić information content (AvgIpc) is 2.90.